The minimum atomic E-state index is -5.03. The van der Waals surface area contributed by atoms with Crippen molar-refractivity contribution in [3.63, 3.8) is 0 Å². The van der Waals surface area contributed by atoms with Crippen LogP contribution in [0.25, 0.3) is 11.1 Å². The number of hydrogen-bond acceptors (Lipinski definition) is 13. The first kappa shape index (κ1) is 37.5. The Morgan fingerprint density at radius 1 is 1.29 bits per heavy atom. The van der Waals surface area contributed by atoms with Crippen LogP contribution in [0.2, 0.25) is 4.34 Å². The van der Waals surface area contributed by atoms with Crippen LogP contribution in [0.4, 0.5) is 9.52 Å². The molecule has 0 unspecified atom stereocenters. The van der Waals surface area contributed by atoms with E-state index in [1.54, 1.807) is 12.3 Å². The van der Waals surface area contributed by atoms with E-state index in [1.165, 1.54) is 26.0 Å². The number of pyridine rings is 1. The summed E-state index contributed by atoms with van der Waals surface area (Å²) in [6.45, 7) is 2.64. The molecule has 3 aromatic rings. The number of aliphatic carboxylic acids is 1. The summed E-state index contributed by atoms with van der Waals surface area (Å²) in [7, 11) is -3.19. The van der Waals surface area contributed by atoms with E-state index in [0.29, 0.717) is 17.2 Å². The number of nitrogens with zero attached hydrogens (tertiary/aromatic N) is 4. The lowest BCUT2D eigenvalue weighted by atomic mass is 9.74. The molecule has 49 heavy (non-hydrogen) atoms. The molecule has 1 aliphatic rings. The number of nitrogens with two attached hydrogens (primary N) is 2. The second kappa shape index (κ2) is 15.1. The maximum atomic E-state index is 15.1. The highest BCUT2D eigenvalue weighted by Crippen LogP contribution is 2.41. The summed E-state index contributed by atoms with van der Waals surface area (Å²) >= 11 is 6.98. The number of carbonyl (C=O) groups excluding carboxylic acids is 2. The molecule has 16 nitrogen and oxygen atoms in total. The number of Topliss-reactive ketones (excluding diaryl/α,β-unsaturated/α-hetero) is 1. The van der Waals surface area contributed by atoms with Crippen molar-refractivity contribution in [1.82, 2.24) is 10.0 Å². The molecule has 0 spiro atoms. The number of β-lactam (4-membered cyclic amide) rings is 1. The smallest absolute Gasteiger partial charge is 0.418 e. The molecular formula is C29H33ClFN6O10S2+. The quantitative estimate of drug-likeness (QED) is 0.0541. The fourth-order valence-electron chi connectivity index (χ4n) is 4.93. The topological polar surface area (TPSA) is 238 Å². The monoisotopic (exact) mass is 743 g/mol. The number of benzene rings is 1. The van der Waals surface area contributed by atoms with Crippen molar-refractivity contribution >= 4 is 61.8 Å². The van der Waals surface area contributed by atoms with Crippen molar-refractivity contribution < 1.29 is 55.3 Å². The fraction of sp³-hybridized carbons (Fsp3) is 0.379. The number of carboxylic acids is 1. The van der Waals surface area contributed by atoms with Gasteiger partial charge in [-0.25, -0.2) is 18.7 Å². The number of carbonyl (C=O) groups is 3. The first-order valence-electron chi connectivity index (χ1n) is 14.5. The Kier molecular flexibility index (Phi) is 11.6. The number of hydrogen-bond donors (Lipinski definition) is 4. The molecule has 0 bridgehead atoms. The second-order valence-corrected chi connectivity index (χ2v) is 14.0. The molecule has 4 rings (SSSR count). The minimum Gasteiger partial charge on any atom is -0.489 e. The lowest BCUT2D eigenvalue weighted by molar-refractivity contribution is -0.678. The molecule has 1 aromatic carbocycles. The third kappa shape index (κ3) is 8.86. The largest absolute Gasteiger partial charge is 0.489 e. The zero-order valence-corrected chi connectivity index (χ0v) is 28.7. The lowest BCUT2D eigenvalue weighted by Crippen LogP contribution is -2.68. The highest BCUT2D eigenvalue weighted by Gasteiger charge is 2.57. The maximum Gasteiger partial charge on any atom is 0.418 e. The number of hydroxylamine groups is 2. The Balaban J connectivity index is 1.50. The van der Waals surface area contributed by atoms with Crippen molar-refractivity contribution in [2.75, 3.05) is 18.9 Å². The van der Waals surface area contributed by atoms with Gasteiger partial charge in [0.25, 0.3) is 12.0 Å². The van der Waals surface area contributed by atoms with Crippen LogP contribution in [0.5, 0.6) is 5.75 Å². The summed E-state index contributed by atoms with van der Waals surface area (Å²) in [6, 6.07) is 7.67. The Labute approximate surface area is 288 Å². The van der Waals surface area contributed by atoms with Gasteiger partial charge < -0.3 is 26.1 Å². The third-order valence-electron chi connectivity index (χ3n) is 7.60. The number of thiazole rings is 1. The number of nitrogen functional groups attached to an aromatic ring is 1. The summed E-state index contributed by atoms with van der Waals surface area (Å²) in [6.07, 6.45) is 0.944. The van der Waals surface area contributed by atoms with E-state index in [2.05, 4.69) is 14.4 Å². The molecule has 2 atom stereocenters. The molecule has 0 radical (unpaired) electrons. The van der Waals surface area contributed by atoms with Crippen LogP contribution in [0, 0.1) is 11.7 Å². The van der Waals surface area contributed by atoms with Crippen LogP contribution in [0.3, 0.4) is 0 Å². The van der Waals surface area contributed by atoms with Gasteiger partial charge in [-0.15, -0.1) is 4.28 Å². The number of aryl methyl sites for hydroxylation is 2. The Morgan fingerprint density at radius 3 is 2.55 bits per heavy atom. The first-order valence-corrected chi connectivity index (χ1v) is 17.0. The van der Waals surface area contributed by atoms with Crippen molar-refractivity contribution in [2.24, 2.45) is 23.9 Å². The Bertz CT molecular complexity index is 1910. The van der Waals surface area contributed by atoms with Gasteiger partial charge >= 0.3 is 16.4 Å². The summed E-state index contributed by atoms with van der Waals surface area (Å²) in [5, 5.41) is 13.8. The van der Waals surface area contributed by atoms with E-state index in [4.69, 9.17) is 37.2 Å². The molecule has 264 valence electrons. The molecule has 1 aliphatic heterocycles. The second-order valence-electron chi connectivity index (χ2n) is 11.4. The highest BCUT2D eigenvalue weighted by molar-refractivity contribution is 7.80. The number of carboxylic acid groups (broad SMARTS) is 1. The third-order valence-corrected chi connectivity index (χ3v) is 9.02. The molecule has 1 saturated heterocycles. The van der Waals surface area contributed by atoms with Crippen molar-refractivity contribution in [3.05, 3.63) is 58.1 Å². The van der Waals surface area contributed by atoms with Gasteiger partial charge in [0, 0.05) is 36.1 Å². The van der Waals surface area contributed by atoms with Gasteiger partial charge in [-0.3, -0.25) is 14.1 Å². The van der Waals surface area contributed by atoms with Gasteiger partial charge in [0.1, 0.15) is 35.3 Å². The normalized spacial score (nSPS) is 16.6. The summed E-state index contributed by atoms with van der Waals surface area (Å²) in [5.41, 5.74) is 11.0. The lowest BCUT2D eigenvalue weighted by Gasteiger charge is -2.50. The predicted octanol–water partition coefficient (Wildman–Crippen LogP) is 2.08. The zero-order chi connectivity index (χ0) is 36.3. The number of amides is 1. The number of anilines is 1. The maximum absolute atomic E-state index is 15.1. The summed E-state index contributed by atoms with van der Waals surface area (Å²) < 4.78 is 58.0. The van der Waals surface area contributed by atoms with Crippen LogP contribution >= 0.6 is 22.9 Å². The van der Waals surface area contributed by atoms with Gasteiger partial charge in [-0.05, 0) is 45.0 Å². The van der Waals surface area contributed by atoms with Crippen LogP contribution in [-0.2, 0) is 47.4 Å². The zero-order valence-electron chi connectivity index (χ0n) is 26.3. The fourth-order valence-corrected chi connectivity index (χ4v) is 6.32. The van der Waals surface area contributed by atoms with Crippen LogP contribution in [0.15, 0.2) is 41.7 Å². The molecule has 0 saturated carbocycles. The van der Waals surface area contributed by atoms with Crippen LogP contribution in [0.1, 0.15) is 38.1 Å². The number of aromatic nitrogens is 2. The van der Waals surface area contributed by atoms with E-state index < -0.39 is 70.2 Å². The molecule has 3 heterocycles. The number of rotatable bonds is 16. The van der Waals surface area contributed by atoms with E-state index in [0.717, 1.165) is 35.9 Å². The van der Waals surface area contributed by atoms with Crippen molar-refractivity contribution in [2.45, 2.75) is 44.8 Å². The summed E-state index contributed by atoms with van der Waals surface area (Å²) in [5.74, 6) is -5.19. The highest BCUT2D eigenvalue weighted by atomic mass is 35.5. The van der Waals surface area contributed by atoms with E-state index in [-0.39, 0.29) is 26.5 Å². The Hall–Kier alpha value is -4.27. The molecule has 0 aliphatic carbocycles. The molecular weight excluding hydrogens is 711 g/mol. The average Bonchev–Trinajstić information content (AvgIpc) is 3.35. The van der Waals surface area contributed by atoms with Gasteiger partial charge in [-0.2, -0.15) is 13.5 Å². The van der Waals surface area contributed by atoms with E-state index in [9.17, 15) is 27.9 Å². The van der Waals surface area contributed by atoms with Gasteiger partial charge in [0.05, 0.1) is 11.5 Å². The van der Waals surface area contributed by atoms with Gasteiger partial charge in [0.2, 0.25) is 0 Å². The van der Waals surface area contributed by atoms with E-state index >= 15 is 4.39 Å². The SMILES string of the molecule is C[n+]1cc(-c2ccc(OC[C@H](O/N=C(\C(=O)C[C@@H]3C(=O)N(OS(=O)(=O)O)C3(C)C)c3nc(N)sc3Cl)C(=O)O)cc2F)ccc1CCCN. The first-order chi connectivity index (χ1) is 22.9. The predicted molar refractivity (Wildman–Crippen MR) is 173 cm³/mol. The average molecular weight is 744 g/mol. The van der Waals surface area contributed by atoms with Gasteiger partial charge in [-0.1, -0.05) is 28.1 Å². The van der Waals surface area contributed by atoms with Crippen LogP contribution < -0.4 is 20.8 Å². The Morgan fingerprint density at radius 2 is 2.00 bits per heavy atom. The molecule has 1 amide bonds. The molecule has 1 fully saturated rings. The van der Waals surface area contributed by atoms with E-state index in [1.807, 2.05) is 17.7 Å². The van der Waals surface area contributed by atoms with Crippen LogP contribution in [-0.4, -0.2) is 76.3 Å². The number of halogens is 2. The standard InChI is InChI=1S/C29H32ClFN6O10S2/c1-29(2)19(26(39)37(29)47-49(42,43)44)12-21(38)23(24-25(30)48-28(33)34-24)35-46-22(27(40)41)14-45-17-8-9-18(20(31)11-17)15-6-7-16(5-4-10-32)36(3)13-15/h6-9,11,13,19,22H,4-5,10,12,14,32H2,1-3H3,(H3-,33,34,40,41,42,43,44)/p+1/b35-23+/t19-,22+/m1/s1. The molecule has 2 aromatic heterocycles. The molecule has 20 heteroatoms. The summed E-state index contributed by atoms with van der Waals surface area (Å²) in [4.78, 5) is 47.2. The van der Waals surface area contributed by atoms with Crippen molar-refractivity contribution in [1.29, 1.82) is 0 Å². The number of ketones is 1. The number of ether oxygens (including phenoxy) is 1. The molecule has 6 N–H and O–H groups in total. The van der Waals surface area contributed by atoms with Gasteiger partial charge in [0.15, 0.2) is 28.5 Å². The minimum absolute atomic E-state index is 0.0157. The van der Waals surface area contributed by atoms with Crippen molar-refractivity contribution in [3.8, 4) is 16.9 Å². The number of oxime groups is 1.